The van der Waals surface area contributed by atoms with Gasteiger partial charge in [0, 0.05) is 30.5 Å². The van der Waals surface area contributed by atoms with Gasteiger partial charge in [-0.15, -0.1) is 5.10 Å². The summed E-state index contributed by atoms with van der Waals surface area (Å²) in [4.78, 5) is 19.7. The molecule has 0 amide bonds. The van der Waals surface area contributed by atoms with Gasteiger partial charge in [0.2, 0.25) is 0 Å². The zero-order valence-electron chi connectivity index (χ0n) is 21.5. The highest BCUT2D eigenvalue weighted by Gasteiger charge is 2.37. The van der Waals surface area contributed by atoms with Crippen LogP contribution in [-0.4, -0.2) is 52.1 Å². The Kier molecular flexibility index (Phi) is 7.86. The Labute approximate surface area is 239 Å². The van der Waals surface area contributed by atoms with E-state index in [1.54, 1.807) is 17.0 Å². The maximum Gasteiger partial charge on any atom is 0.416 e. The standard InChI is InChI=1S/C27H21ClF6N6O2/c28-19-4-2-1-3-18(19)24(41)21-20(35)5-6-36-22(21)23-25(39-7-9-42-10-8-39)40(38-37-23)14-15-11-16(26(29,30)31)13-17(12-15)27(32,33)34/h1-6,11-13H,7-10,14H2,(H2,35,36). The van der Waals surface area contributed by atoms with Crippen molar-refractivity contribution >= 4 is 28.9 Å². The lowest BCUT2D eigenvalue weighted by atomic mass is 9.98. The van der Waals surface area contributed by atoms with E-state index in [0.717, 1.165) is 0 Å². The molecule has 5 rings (SSSR count). The maximum absolute atomic E-state index is 13.6. The molecular formula is C27H21ClF6N6O2. The molecule has 4 aromatic rings. The van der Waals surface area contributed by atoms with Gasteiger partial charge in [-0.05, 0) is 42.0 Å². The lowest BCUT2D eigenvalue weighted by molar-refractivity contribution is -0.143. The van der Waals surface area contributed by atoms with Crippen LogP contribution in [0.4, 0.5) is 37.8 Å². The monoisotopic (exact) mass is 610 g/mol. The van der Waals surface area contributed by atoms with Crippen molar-refractivity contribution in [2.24, 2.45) is 0 Å². The van der Waals surface area contributed by atoms with Crippen molar-refractivity contribution in [1.82, 2.24) is 20.0 Å². The molecule has 3 heterocycles. The van der Waals surface area contributed by atoms with Crippen LogP contribution < -0.4 is 10.6 Å². The number of hydrogen-bond donors (Lipinski definition) is 1. The third-order valence-electron chi connectivity index (χ3n) is 6.55. The number of anilines is 2. The number of benzene rings is 2. The highest BCUT2D eigenvalue weighted by molar-refractivity contribution is 6.35. The van der Waals surface area contributed by atoms with Crippen LogP contribution in [0.3, 0.4) is 0 Å². The Morgan fingerprint density at radius 2 is 1.60 bits per heavy atom. The molecule has 15 heteroatoms. The van der Waals surface area contributed by atoms with Crippen LogP contribution in [0.25, 0.3) is 11.4 Å². The number of nitrogens with two attached hydrogens (primary N) is 1. The van der Waals surface area contributed by atoms with E-state index in [9.17, 15) is 31.1 Å². The third kappa shape index (κ3) is 5.90. The zero-order valence-corrected chi connectivity index (χ0v) is 22.3. The fourth-order valence-electron chi connectivity index (χ4n) is 4.61. The maximum atomic E-state index is 13.6. The van der Waals surface area contributed by atoms with E-state index in [1.807, 2.05) is 0 Å². The average Bonchev–Trinajstić information content (AvgIpc) is 3.35. The van der Waals surface area contributed by atoms with E-state index >= 15 is 0 Å². The molecule has 0 aliphatic carbocycles. The fraction of sp³-hybridized carbons (Fsp3) is 0.259. The van der Waals surface area contributed by atoms with Crippen LogP contribution in [-0.2, 0) is 23.6 Å². The smallest absolute Gasteiger partial charge is 0.398 e. The third-order valence-corrected chi connectivity index (χ3v) is 6.88. The fourth-order valence-corrected chi connectivity index (χ4v) is 4.84. The SMILES string of the molecule is Nc1ccnc(-c2nnn(Cc3cc(C(F)(F)F)cc(C(F)(F)F)c3)c2N2CCOCC2)c1C(=O)c1ccccc1Cl. The Morgan fingerprint density at radius 1 is 0.952 bits per heavy atom. The summed E-state index contributed by atoms with van der Waals surface area (Å²) < 4.78 is 87.7. The van der Waals surface area contributed by atoms with Gasteiger partial charge in [-0.3, -0.25) is 9.78 Å². The number of hydrogen-bond acceptors (Lipinski definition) is 7. The number of carbonyl (C=O) groups excluding carboxylic acids is 1. The van der Waals surface area contributed by atoms with Gasteiger partial charge in [0.25, 0.3) is 0 Å². The lowest BCUT2D eigenvalue weighted by Crippen LogP contribution is -2.38. The largest absolute Gasteiger partial charge is 0.416 e. The highest BCUT2D eigenvalue weighted by Crippen LogP contribution is 2.38. The topological polar surface area (TPSA) is 99.2 Å². The predicted molar refractivity (Wildman–Crippen MR) is 141 cm³/mol. The van der Waals surface area contributed by atoms with Gasteiger partial charge in [0.1, 0.15) is 5.69 Å². The molecule has 1 fully saturated rings. The van der Waals surface area contributed by atoms with Crippen LogP contribution >= 0.6 is 11.6 Å². The molecule has 220 valence electrons. The van der Waals surface area contributed by atoms with Gasteiger partial charge in [-0.2, -0.15) is 26.3 Å². The Bertz CT molecular complexity index is 1600. The van der Waals surface area contributed by atoms with Crippen LogP contribution in [0, 0.1) is 0 Å². The molecule has 0 saturated carbocycles. The molecule has 1 aliphatic rings. The quantitative estimate of drug-likeness (QED) is 0.220. The Balaban J connectivity index is 1.66. The number of nitrogens with zero attached hydrogens (tertiary/aromatic N) is 5. The summed E-state index contributed by atoms with van der Waals surface area (Å²) >= 11 is 6.26. The molecule has 2 N–H and O–H groups in total. The van der Waals surface area contributed by atoms with Crippen LogP contribution in [0.1, 0.15) is 32.6 Å². The van der Waals surface area contributed by atoms with Crippen molar-refractivity contribution in [2.45, 2.75) is 18.9 Å². The van der Waals surface area contributed by atoms with Gasteiger partial charge in [0.05, 0.1) is 41.5 Å². The molecular weight excluding hydrogens is 590 g/mol. The lowest BCUT2D eigenvalue weighted by Gasteiger charge is -2.29. The number of rotatable bonds is 6. The average molecular weight is 611 g/mol. The summed E-state index contributed by atoms with van der Waals surface area (Å²) in [6.45, 7) is 0.660. The first-order valence-corrected chi connectivity index (χ1v) is 12.8. The van der Waals surface area contributed by atoms with Crippen molar-refractivity contribution in [3.8, 4) is 11.4 Å². The molecule has 0 atom stereocenters. The molecule has 8 nitrogen and oxygen atoms in total. The van der Waals surface area contributed by atoms with Gasteiger partial charge in [-0.1, -0.05) is 28.9 Å². The van der Waals surface area contributed by atoms with Crippen LogP contribution in [0.5, 0.6) is 0 Å². The molecule has 1 aliphatic heterocycles. The highest BCUT2D eigenvalue weighted by atomic mass is 35.5. The number of aromatic nitrogens is 4. The second kappa shape index (κ2) is 11.2. The summed E-state index contributed by atoms with van der Waals surface area (Å²) in [5.41, 5.74) is 3.24. The number of morpholine rings is 1. The van der Waals surface area contributed by atoms with Gasteiger partial charge < -0.3 is 15.4 Å². The predicted octanol–water partition coefficient (Wildman–Crippen LogP) is 5.73. The number of nitrogen functional groups attached to an aromatic ring is 1. The minimum Gasteiger partial charge on any atom is -0.398 e. The first kappa shape index (κ1) is 29.3. The first-order chi connectivity index (χ1) is 19.8. The minimum absolute atomic E-state index is 0.0210. The molecule has 0 radical (unpaired) electrons. The van der Waals surface area contributed by atoms with Crippen molar-refractivity contribution in [3.63, 3.8) is 0 Å². The molecule has 42 heavy (non-hydrogen) atoms. The van der Waals surface area contributed by atoms with Crippen LogP contribution in [0.15, 0.2) is 54.7 Å². The summed E-state index contributed by atoms with van der Waals surface area (Å²) in [5.74, 6) is -0.341. The molecule has 2 aromatic carbocycles. The van der Waals surface area contributed by atoms with Crippen molar-refractivity contribution in [2.75, 3.05) is 36.9 Å². The van der Waals surface area contributed by atoms with Crippen LogP contribution in [0.2, 0.25) is 5.02 Å². The molecule has 0 unspecified atom stereocenters. The second-order valence-corrected chi connectivity index (χ2v) is 9.77. The number of halogens is 7. The summed E-state index contributed by atoms with van der Waals surface area (Å²) in [6, 6.07) is 9.02. The Hall–Kier alpha value is -4.17. The molecule has 0 spiro atoms. The van der Waals surface area contributed by atoms with E-state index in [0.29, 0.717) is 25.2 Å². The Morgan fingerprint density at radius 3 is 2.21 bits per heavy atom. The summed E-state index contributed by atoms with van der Waals surface area (Å²) in [5, 5.41) is 8.42. The van der Waals surface area contributed by atoms with E-state index in [1.165, 1.54) is 29.1 Å². The van der Waals surface area contributed by atoms with Gasteiger partial charge >= 0.3 is 12.4 Å². The summed E-state index contributed by atoms with van der Waals surface area (Å²) in [7, 11) is 0. The first-order valence-electron chi connectivity index (χ1n) is 12.4. The van der Waals surface area contributed by atoms with E-state index < -0.39 is 35.8 Å². The normalized spacial score (nSPS) is 14.3. The number of alkyl halides is 6. The van der Waals surface area contributed by atoms with Crippen molar-refractivity contribution < 1.29 is 35.9 Å². The number of ether oxygens (including phenoxy) is 1. The van der Waals surface area contributed by atoms with Gasteiger partial charge in [-0.25, -0.2) is 4.68 Å². The van der Waals surface area contributed by atoms with E-state index in [4.69, 9.17) is 22.1 Å². The van der Waals surface area contributed by atoms with E-state index in [2.05, 4.69) is 15.3 Å². The molecule has 1 saturated heterocycles. The van der Waals surface area contributed by atoms with E-state index in [-0.39, 0.29) is 63.9 Å². The number of pyridine rings is 1. The molecule has 0 bridgehead atoms. The second-order valence-electron chi connectivity index (χ2n) is 9.37. The zero-order chi connectivity index (χ0) is 30.2. The van der Waals surface area contributed by atoms with Gasteiger partial charge in [0.15, 0.2) is 17.3 Å². The number of ketones is 1. The summed E-state index contributed by atoms with van der Waals surface area (Å²) in [6.07, 6.45) is -8.69. The number of carbonyl (C=O) groups is 1. The van der Waals surface area contributed by atoms with Crippen molar-refractivity contribution in [1.29, 1.82) is 0 Å². The van der Waals surface area contributed by atoms with Crippen molar-refractivity contribution in [3.05, 3.63) is 87.6 Å². The molecule has 2 aromatic heterocycles. The minimum atomic E-state index is -5.02.